The Morgan fingerprint density at radius 1 is 1.25 bits per heavy atom. The van der Waals surface area contributed by atoms with Crippen molar-refractivity contribution in [1.82, 2.24) is 0 Å². The molecule has 2 rings (SSSR count). The maximum absolute atomic E-state index is 11.2. The summed E-state index contributed by atoms with van der Waals surface area (Å²) < 4.78 is 4.97. The number of esters is 1. The summed E-state index contributed by atoms with van der Waals surface area (Å²) in [6.07, 6.45) is 2.81. The molecule has 0 aromatic heterocycles. The summed E-state index contributed by atoms with van der Waals surface area (Å²) in [5.41, 5.74) is 0. The van der Waals surface area contributed by atoms with E-state index in [1.807, 2.05) is 0 Å². The molecule has 0 aromatic carbocycles. The summed E-state index contributed by atoms with van der Waals surface area (Å²) in [5, 5.41) is 0. The van der Waals surface area contributed by atoms with Crippen LogP contribution in [0, 0.1) is 11.8 Å². The van der Waals surface area contributed by atoms with Crippen molar-refractivity contribution in [2.24, 2.45) is 11.8 Å². The zero-order valence-electron chi connectivity index (χ0n) is 6.91. The van der Waals surface area contributed by atoms with Crippen LogP contribution in [-0.2, 0) is 14.3 Å². The van der Waals surface area contributed by atoms with Gasteiger partial charge in [-0.25, -0.2) is 0 Å². The van der Waals surface area contributed by atoms with E-state index in [1.165, 1.54) is 0 Å². The summed E-state index contributed by atoms with van der Waals surface area (Å²) >= 11 is 0. The third kappa shape index (κ3) is 1.36. The van der Waals surface area contributed by atoms with Gasteiger partial charge in [-0.2, -0.15) is 0 Å². The minimum Gasteiger partial charge on any atom is -0.465 e. The molecule has 12 heavy (non-hydrogen) atoms. The van der Waals surface area contributed by atoms with Gasteiger partial charge < -0.3 is 4.74 Å². The molecule has 0 unspecified atom stereocenters. The molecule has 66 valence electrons. The molecule has 0 amide bonds. The van der Waals surface area contributed by atoms with E-state index in [0.29, 0.717) is 25.4 Å². The number of hydrogen-bond acceptors (Lipinski definition) is 3. The highest BCUT2D eigenvalue weighted by Crippen LogP contribution is 2.32. The number of rotatable bonds is 0. The van der Waals surface area contributed by atoms with Crippen LogP contribution >= 0.6 is 0 Å². The molecule has 1 aliphatic carbocycles. The van der Waals surface area contributed by atoms with Gasteiger partial charge in [-0.05, 0) is 18.8 Å². The average molecular weight is 168 g/mol. The van der Waals surface area contributed by atoms with Crippen LogP contribution in [0.4, 0.5) is 0 Å². The van der Waals surface area contributed by atoms with Crippen molar-refractivity contribution < 1.29 is 14.3 Å². The third-order valence-corrected chi connectivity index (χ3v) is 2.71. The van der Waals surface area contributed by atoms with Crippen molar-refractivity contribution in [2.45, 2.75) is 25.7 Å². The van der Waals surface area contributed by atoms with Crippen molar-refractivity contribution in [3.05, 3.63) is 0 Å². The molecule has 0 radical (unpaired) electrons. The summed E-state index contributed by atoms with van der Waals surface area (Å²) in [7, 11) is 0. The van der Waals surface area contributed by atoms with Crippen LogP contribution in [0.25, 0.3) is 0 Å². The van der Waals surface area contributed by atoms with Gasteiger partial charge in [0.15, 0.2) is 0 Å². The molecule has 1 heterocycles. The first kappa shape index (κ1) is 7.77. The number of Topliss-reactive ketones (excluding diaryl/α,β-unsaturated/α-hetero) is 1. The van der Waals surface area contributed by atoms with Crippen molar-refractivity contribution in [3.8, 4) is 0 Å². The van der Waals surface area contributed by atoms with E-state index >= 15 is 0 Å². The van der Waals surface area contributed by atoms with Crippen LogP contribution in [-0.4, -0.2) is 18.4 Å². The van der Waals surface area contributed by atoms with E-state index in [1.54, 1.807) is 0 Å². The van der Waals surface area contributed by atoms with Crippen LogP contribution in [0.3, 0.4) is 0 Å². The maximum atomic E-state index is 11.2. The van der Waals surface area contributed by atoms with Crippen molar-refractivity contribution >= 4 is 11.8 Å². The number of ether oxygens (including phenoxy) is 1. The molecule has 1 saturated carbocycles. The van der Waals surface area contributed by atoms with Crippen LogP contribution in [0.15, 0.2) is 0 Å². The molecular formula is C9H12O3. The molecule has 0 spiro atoms. The van der Waals surface area contributed by atoms with Gasteiger partial charge in [0.25, 0.3) is 0 Å². The van der Waals surface area contributed by atoms with E-state index in [2.05, 4.69) is 0 Å². The van der Waals surface area contributed by atoms with E-state index in [-0.39, 0.29) is 17.7 Å². The molecule has 3 heteroatoms. The van der Waals surface area contributed by atoms with Gasteiger partial charge in [0, 0.05) is 12.8 Å². The van der Waals surface area contributed by atoms with Crippen molar-refractivity contribution in [1.29, 1.82) is 0 Å². The highest BCUT2D eigenvalue weighted by Gasteiger charge is 2.34. The largest absolute Gasteiger partial charge is 0.465 e. The summed E-state index contributed by atoms with van der Waals surface area (Å²) in [6, 6.07) is 0. The lowest BCUT2D eigenvalue weighted by molar-refractivity contribution is -0.149. The Hall–Kier alpha value is -0.860. The zero-order valence-corrected chi connectivity index (χ0v) is 6.91. The topological polar surface area (TPSA) is 43.4 Å². The molecule has 0 aromatic rings. The zero-order chi connectivity index (χ0) is 8.55. The minimum absolute atomic E-state index is 0.126. The molecule has 1 aliphatic heterocycles. The van der Waals surface area contributed by atoms with Gasteiger partial charge in [0.05, 0.1) is 12.5 Å². The lowest BCUT2D eigenvalue weighted by Crippen LogP contribution is -2.26. The van der Waals surface area contributed by atoms with Crippen LogP contribution in [0.5, 0.6) is 0 Å². The lowest BCUT2D eigenvalue weighted by atomic mass is 9.80. The Morgan fingerprint density at radius 3 is 2.92 bits per heavy atom. The first-order valence-corrected chi connectivity index (χ1v) is 4.44. The molecule has 2 atom stereocenters. The van der Waals surface area contributed by atoms with E-state index in [9.17, 15) is 9.59 Å². The minimum atomic E-state index is -0.162. The van der Waals surface area contributed by atoms with Gasteiger partial charge in [0.1, 0.15) is 5.78 Å². The molecule has 2 aliphatic rings. The number of carbonyl (C=O) groups excluding carboxylic acids is 2. The summed E-state index contributed by atoms with van der Waals surface area (Å²) in [4.78, 5) is 22.4. The number of fused-ring (bicyclic) bond motifs is 2. The van der Waals surface area contributed by atoms with Gasteiger partial charge in [-0.1, -0.05) is 0 Å². The fourth-order valence-corrected chi connectivity index (χ4v) is 2.09. The Morgan fingerprint density at radius 2 is 2.08 bits per heavy atom. The van der Waals surface area contributed by atoms with E-state index < -0.39 is 0 Å². The Bertz CT molecular complexity index is 222. The molecule has 2 fully saturated rings. The lowest BCUT2D eigenvalue weighted by Gasteiger charge is -2.21. The number of hydrogen-bond donors (Lipinski definition) is 0. The predicted molar refractivity (Wildman–Crippen MR) is 41.4 cm³/mol. The molecular weight excluding hydrogens is 156 g/mol. The Labute approximate surface area is 71.1 Å². The summed E-state index contributed by atoms with van der Waals surface area (Å²) in [6.45, 7) is 0.507. The highest BCUT2D eigenvalue weighted by atomic mass is 16.5. The van der Waals surface area contributed by atoms with Gasteiger partial charge in [-0.3, -0.25) is 9.59 Å². The quantitative estimate of drug-likeness (QED) is 0.505. The second kappa shape index (κ2) is 2.88. The van der Waals surface area contributed by atoms with E-state index in [0.717, 1.165) is 12.8 Å². The Kier molecular flexibility index (Phi) is 1.87. The van der Waals surface area contributed by atoms with Gasteiger partial charge >= 0.3 is 5.97 Å². The summed E-state index contributed by atoms with van der Waals surface area (Å²) in [5.74, 6) is 0.349. The first-order chi connectivity index (χ1) is 5.75. The molecule has 2 bridgehead atoms. The smallest absolute Gasteiger partial charge is 0.309 e. The third-order valence-electron chi connectivity index (χ3n) is 2.71. The fraction of sp³-hybridized carbons (Fsp3) is 0.778. The standard InChI is InChI=1S/C9H12O3/c10-8-4-6-1-2-12-9(11)7(3-6)5-8/h6-7H,1-5H2/t6-,7+/m0/s1. The first-order valence-electron chi connectivity index (χ1n) is 4.44. The Balaban J connectivity index is 2.15. The average Bonchev–Trinajstić information content (AvgIpc) is 2.13. The normalized spacial score (nSPS) is 35.7. The predicted octanol–water partition coefficient (Wildman–Crippen LogP) is 0.919. The molecule has 1 saturated heterocycles. The van der Waals surface area contributed by atoms with Crippen molar-refractivity contribution in [3.63, 3.8) is 0 Å². The van der Waals surface area contributed by atoms with Crippen LogP contribution < -0.4 is 0 Å². The van der Waals surface area contributed by atoms with Crippen LogP contribution in [0.1, 0.15) is 25.7 Å². The number of cyclic esters (lactones) is 1. The second-order valence-electron chi connectivity index (χ2n) is 3.70. The van der Waals surface area contributed by atoms with Crippen molar-refractivity contribution in [2.75, 3.05) is 6.61 Å². The number of ketones is 1. The van der Waals surface area contributed by atoms with Crippen LogP contribution in [0.2, 0.25) is 0 Å². The fourth-order valence-electron chi connectivity index (χ4n) is 2.09. The monoisotopic (exact) mass is 168 g/mol. The SMILES string of the molecule is O=C1C[C@H]2CCOC(=O)[C@@H](C1)C2. The second-order valence-corrected chi connectivity index (χ2v) is 3.70. The van der Waals surface area contributed by atoms with Gasteiger partial charge in [0.2, 0.25) is 0 Å². The molecule has 3 nitrogen and oxygen atoms in total. The molecule has 0 N–H and O–H groups in total. The maximum Gasteiger partial charge on any atom is 0.309 e. The van der Waals surface area contributed by atoms with Gasteiger partial charge in [-0.15, -0.1) is 0 Å². The number of carbonyl (C=O) groups is 2. The van der Waals surface area contributed by atoms with E-state index in [4.69, 9.17) is 4.74 Å². The highest BCUT2D eigenvalue weighted by molar-refractivity contribution is 5.86.